The van der Waals surface area contributed by atoms with E-state index in [-0.39, 0.29) is 22.3 Å². The number of ether oxygens (including phenoxy) is 3. The Kier molecular flexibility index (Phi) is 9.07. The van der Waals surface area contributed by atoms with Crippen molar-refractivity contribution in [1.82, 2.24) is 9.55 Å². The van der Waals surface area contributed by atoms with E-state index < -0.39 is 50.6 Å². The molecule has 1 fully saturated rings. The summed E-state index contributed by atoms with van der Waals surface area (Å²) in [6.07, 6.45) is -8.99. The van der Waals surface area contributed by atoms with Crippen LogP contribution in [-0.4, -0.2) is 64.8 Å². The quantitative estimate of drug-likeness (QED) is 0.268. The summed E-state index contributed by atoms with van der Waals surface area (Å²) in [6.45, 7) is -1.33. The van der Waals surface area contributed by atoms with Crippen LogP contribution in [0.25, 0.3) is 0 Å². The van der Waals surface area contributed by atoms with Crippen LogP contribution in [0.4, 0.5) is 14.6 Å². The molecule has 222 valence electrons. The highest BCUT2D eigenvalue weighted by Crippen LogP contribution is 2.52. The molecule has 0 saturated carbocycles. The molecule has 4 atom stereocenters. The first-order chi connectivity index (χ1) is 19.4. The van der Waals surface area contributed by atoms with Gasteiger partial charge in [-0.05, 0) is 48.5 Å². The predicted molar refractivity (Wildman–Crippen MR) is 140 cm³/mol. The zero-order valence-corrected chi connectivity index (χ0v) is 23.1. The molecule has 13 nitrogen and oxygen atoms in total. The molecular weight excluding hydrogens is 595 g/mol. The Morgan fingerprint density at radius 2 is 1.54 bits per heavy atom. The van der Waals surface area contributed by atoms with Crippen LogP contribution < -0.4 is 29.9 Å². The van der Waals surface area contributed by atoms with Crippen LogP contribution in [0.15, 0.2) is 59.5 Å². The van der Waals surface area contributed by atoms with Gasteiger partial charge in [0.1, 0.15) is 41.0 Å². The van der Waals surface area contributed by atoms with Crippen molar-refractivity contribution in [2.75, 3.05) is 26.6 Å². The lowest BCUT2D eigenvalue weighted by atomic mass is 9.96. The molecule has 0 aliphatic carbocycles. The van der Waals surface area contributed by atoms with Crippen molar-refractivity contribution < 1.29 is 51.3 Å². The number of alkyl halides is 2. The highest BCUT2D eigenvalue weighted by atomic mass is 35.5. The number of hydrogen-bond donors (Lipinski definition) is 3. The number of phosphoric acid groups is 1. The SMILES string of the molecule is COc1ccc(OP(=O)(OC[C@@]2(C(F)F)O[C@@H](n3cc(Cl)c(N)nc3=O)[C@H](O)[C@H]2O)Oc2ccc(OC)cc2)cc1. The fraction of sp³-hybridized carbons (Fsp3) is 0.333. The summed E-state index contributed by atoms with van der Waals surface area (Å²) in [5, 5.41) is 21.0. The van der Waals surface area contributed by atoms with Crippen LogP contribution in [0.2, 0.25) is 5.02 Å². The Morgan fingerprint density at radius 3 is 2.00 bits per heavy atom. The number of rotatable bonds is 11. The van der Waals surface area contributed by atoms with Gasteiger partial charge in [0.05, 0.1) is 25.8 Å². The first-order valence-corrected chi connectivity index (χ1v) is 13.5. The third-order valence-electron chi connectivity index (χ3n) is 6.04. The molecular formula is C24H25ClF2N3O10P. The van der Waals surface area contributed by atoms with E-state index in [0.29, 0.717) is 16.1 Å². The summed E-state index contributed by atoms with van der Waals surface area (Å²) >= 11 is 5.89. The number of halogens is 3. The molecule has 17 heteroatoms. The Bertz CT molecular complexity index is 1410. The fourth-order valence-corrected chi connectivity index (χ4v) is 5.23. The van der Waals surface area contributed by atoms with Gasteiger partial charge in [0.15, 0.2) is 11.8 Å². The predicted octanol–water partition coefficient (Wildman–Crippen LogP) is 3.03. The van der Waals surface area contributed by atoms with Gasteiger partial charge < -0.3 is 39.2 Å². The van der Waals surface area contributed by atoms with Crippen LogP contribution in [0.1, 0.15) is 6.23 Å². The number of benzene rings is 2. The maximum absolute atomic E-state index is 14.5. The molecule has 0 radical (unpaired) electrons. The van der Waals surface area contributed by atoms with E-state index in [0.717, 1.165) is 6.20 Å². The van der Waals surface area contributed by atoms with Crippen molar-refractivity contribution in [2.24, 2.45) is 0 Å². The summed E-state index contributed by atoms with van der Waals surface area (Å²) in [6, 6.07) is 11.3. The third kappa shape index (κ3) is 6.40. The summed E-state index contributed by atoms with van der Waals surface area (Å²) in [4.78, 5) is 15.8. The van der Waals surface area contributed by atoms with Gasteiger partial charge in [-0.25, -0.2) is 18.1 Å². The lowest BCUT2D eigenvalue weighted by Gasteiger charge is -2.31. The van der Waals surface area contributed by atoms with Crippen LogP contribution in [0.3, 0.4) is 0 Å². The number of aromatic nitrogens is 2. The summed E-state index contributed by atoms with van der Waals surface area (Å²) in [5.74, 6) is 0.436. The molecule has 0 spiro atoms. The third-order valence-corrected chi connectivity index (χ3v) is 7.64. The van der Waals surface area contributed by atoms with E-state index in [1.807, 2.05) is 0 Å². The number of nitrogens with zero attached hydrogens (tertiary/aromatic N) is 2. The van der Waals surface area contributed by atoms with Crippen LogP contribution in [-0.2, 0) is 13.8 Å². The zero-order valence-electron chi connectivity index (χ0n) is 21.4. The molecule has 1 aliphatic heterocycles. The molecule has 0 bridgehead atoms. The average Bonchev–Trinajstić information content (AvgIpc) is 3.21. The normalized spacial score (nSPS) is 22.5. The number of methoxy groups -OCH3 is 2. The smallest absolute Gasteiger partial charge is 0.497 e. The Morgan fingerprint density at radius 1 is 1.05 bits per heavy atom. The largest absolute Gasteiger partial charge is 0.587 e. The molecule has 0 amide bonds. The van der Waals surface area contributed by atoms with Gasteiger partial charge in [0.25, 0.3) is 6.43 Å². The first kappa shape index (κ1) is 30.5. The second-order valence-corrected chi connectivity index (χ2v) is 10.5. The number of aliphatic hydroxyl groups is 2. The van der Waals surface area contributed by atoms with Gasteiger partial charge in [-0.15, -0.1) is 0 Å². The second-order valence-electron chi connectivity index (χ2n) is 8.62. The van der Waals surface area contributed by atoms with Crippen molar-refractivity contribution in [1.29, 1.82) is 0 Å². The Labute approximate surface area is 236 Å². The molecule has 1 aromatic heterocycles. The minimum Gasteiger partial charge on any atom is -0.497 e. The molecule has 2 aromatic carbocycles. The van der Waals surface area contributed by atoms with Crippen LogP contribution in [0, 0.1) is 0 Å². The number of hydrogen-bond acceptors (Lipinski definition) is 12. The lowest BCUT2D eigenvalue weighted by molar-refractivity contribution is -0.193. The molecule has 1 saturated heterocycles. The van der Waals surface area contributed by atoms with E-state index in [1.54, 1.807) is 0 Å². The van der Waals surface area contributed by atoms with E-state index in [9.17, 15) is 28.4 Å². The topological polar surface area (TPSA) is 174 Å². The summed E-state index contributed by atoms with van der Waals surface area (Å²) in [7, 11) is -1.96. The van der Waals surface area contributed by atoms with Crippen molar-refractivity contribution in [3.63, 3.8) is 0 Å². The highest BCUT2D eigenvalue weighted by molar-refractivity contribution is 7.49. The lowest BCUT2D eigenvalue weighted by Crippen LogP contribution is -2.52. The van der Waals surface area contributed by atoms with Crippen LogP contribution >= 0.6 is 19.4 Å². The highest BCUT2D eigenvalue weighted by Gasteiger charge is 2.62. The van der Waals surface area contributed by atoms with Crippen molar-refractivity contribution in [3.05, 3.63) is 70.2 Å². The van der Waals surface area contributed by atoms with E-state index in [4.69, 9.17) is 45.1 Å². The van der Waals surface area contributed by atoms with Gasteiger partial charge in [-0.3, -0.25) is 9.09 Å². The minimum atomic E-state index is -4.81. The van der Waals surface area contributed by atoms with Crippen molar-refractivity contribution in [2.45, 2.75) is 30.5 Å². The number of aliphatic hydroxyl groups excluding tert-OH is 2. The molecule has 41 heavy (non-hydrogen) atoms. The number of nitrogen functional groups attached to an aromatic ring is 1. The minimum absolute atomic E-state index is 0.0475. The van der Waals surface area contributed by atoms with Crippen molar-refractivity contribution >= 4 is 25.2 Å². The van der Waals surface area contributed by atoms with Gasteiger partial charge >= 0.3 is 13.5 Å². The van der Waals surface area contributed by atoms with Gasteiger partial charge in [-0.2, -0.15) is 4.98 Å². The second kappa shape index (κ2) is 12.2. The summed E-state index contributed by atoms with van der Waals surface area (Å²) in [5.41, 5.74) is 1.36. The summed E-state index contributed by atoms with van der Waals surface area (Å²) < 4.78 is 75.1. The fourth-order valence-electron chi connectivity index (χ4n) is 3.82. The van der Waals surface area contributed by atoms with E-state index in [2.05, 4.69) is 4.98 Å². The molecule has 0 unspecified atom stereocenters. The molecule has 4 N–H and O–H groups in total. The Balaban J connectivity index is 1.65. The molecule has 2 heterocycles. The molecule has 1 aliphatic rings. The van der Waals surface area contributed by atoms with Crippen molar-refractivity contribution in [3.8, 4) is 23.0 Å². The Hall–Kier alpha value is -3.46. The van der Waals surface area contributed by atoms with E-state index >= 15 is 0 Å². The van der Waals surface area contributed by atoms with E-state index in [1.165, 1.54) is 62.8 Å². The average molecular weight is 620 g/mol. The van der Waals surface area contributed by atoms with Crippen LogP contribution in [0.5, 0.6) is 23.0 Å². The number of nitrogens with two attached hydrogens (primary N) is 1. The van der Waals surface area contributed by atoms with Gasteiger partial charge in [-0.1, -0.05) is 11.6 Å². The maximum atomic E-state index is 14.5. The first-order valence-electron chi connectivity index (χ1n) is 11.7. The zero-order chi connectivity index (χ0) is 29.9. The maximum Gasteiger partial charge on any atom is 0.587 e. The van der Waals surface area contributed by atoms with Gasteiger partial charge in [0.2, 0.25) is 0 Å². The monoisotopic (exact) mass is 619 g/mol. The number of phosphoric ester groups is 1. The molecule has 4 rings (SSSR count). The molecule has 3 aromatic rings. The number of anilines is 1. The standard InChI is InChI=1S/C24H25ClF2N3O10P/c1-35-13-3-7-15(8-4-13)39-41(34,40-16-9-5-14(36-2)6-10-16)37-12-24(22(26)27)19(32)18(31)21(38-24)30-11-17(25)20(28)29-23(30)33/h3-11,18-19,21-22,31-32H,12H2,1-2H3,(H2,28,29,33)/t18-,19-,21-,24-/m1/s1. The van der Waals surface area contributed by atoms with Gasteiger partial charge in [0, 0.05) is 6.20 Å².